The van der Waals surface area contributed by atoms with Gasteiger partial charge in [-0.05, 0) is 49.1 Å². The van der Waals surface area contributed by atoms with Gasteiger partial charge in [0.1, 0.15) is 11.3 Å². The predicted octanol–water partition coefficient (Wildman–Crippen LogP) is 5.70. The maximum absolute atomic E-state index is 11.8. The first-order valence-electron chi connectivity index (χ1n) is 9.87. The highest BCUT2D eigenvalue weighted by molar-refractivity contribution is 7.92. The smallest absolute Gasteiger partial charge is 0.229 e. The van der Waals surface area contributed by atoms with Gasteiger partial charge in [-0.1, -0.05) is 38.1 Å². The number of furan rings is 1. The van der Waals surface area contributed by atoms with E-state index < -0.39 is 10.0 Å². The summed E-state index contributed by atoms with van der Waals surface area (Å²) in [5.41, 5.74) is 4.44. The number of H-pyrrole nitrogens is 1. The highest BCUT2D eigenvalue weighted by atomic mass is 32.2. The van der Waals surface area contributed by atoms with Gasteiger partial charge in [0, 0.05) is 22.4 Å². The second kappa shape index (κ2) is 6.95. The van der Waals surface area contributed by atoms with Crippen LogP contribution in [0.1, 0.15) is 43.6 Å². The van der Waals surface area contributed by atoms with Crippen LogP contribution in [0.3, 0.4) is 0 Å². The van der Waals surface area contributed by atoms with Gasteiger partial charge in [0.15, 0.2) is 0 Å². The van der Waals surface area contributed by atoms with Crippen LogP contribution in [-0.4, -0.2) is 19.7 Å². The number of anilines is 1. The Morgan fingerprint density at radius 2 is 1.76 bits per heavy atom. The van der Waals surface area contributed by atoms with E-state index in [2.05, 4.69) is 41.8 Å². The first-order valence-corrected chi connectivity index (χ1v) is 11.8. The molecule has 2 heterocycles. The van der Waals surface area contributed by atoms with E-state index in [1.54, 1.807) is 6.07 Å². The molecule has 4 aromatic rings. The SMILES string of the molecule is CCC(CC)(c1cccc2oc(C)cc12)c1c[nH]c2c(NS(C)(=O)=O)cccc12. The summed E-state index contributed by atoms with van der Waals surface area (Å²) < 4.78 is 32.1. The molecule has 6 heteroatoms. The Balaban J connectivity index is 1.99. The van der Waals surface area contributed by atoms with Crippen LogP contribution in [0.25, 0.3) is 21.9 Å². The van der Waals surface area contributed by atoms with Crippen LogP contribution in [0, 0.1) is 6.92 Å². The number of para-hydroxylation sites is 1. The topological polar surface area (TPSA) is 75.1 Å². The van der Waals surface area contributed by atoms with Crippen molar-refractivity contribution in [2.75, 3.05) is 11.0 Å². The van der Waals surface area contributed by atoms with Gasteiger partial charge in [-0.25, -0.2) is 8.42 Å². The van der Waals surface area contributed by atoms with Crippen molar-refractivity contribution in [1.29, 1.82) is 0 Å². The number of hydrogen-bond acceptors (Lipinski definition) is 3. The fraction of sp³-hybridized carbons (Fsp3) is 0.304. The molecule has 0 aliphatic heterocycles. The Morgan fingerprint density at radius 3 is 2.45 bits per heavy atom. The van der Waals surface area contributed by atoms with Gasteiger partial charge >= 0.3 is 0 Å². The van der Waals surface area contributed by atoms with Crippen molar-refractivity contribution in [3.05, 3.63) is 65.5 Å². The summed E-state index contributed by atoms with van der Waals surface area (Å²) in [4.78, 5) is 3.33. The van der Waals surface area contributed by atoms with E-state index in [1.807, 2.05) is 31.3 Å². The summed E-state index contributed by atoms with van der Waals surface area (Å²) in [6, 6.07) is 14.1. The third kappa shape index (κ3) is 3.21. The number of aromatic amines is 1. The average molecular weight is 411 g/mol. The number of rotatable bonds is 6. The molecule has 0 fully saturated rings. The number of hydrogen-bond donors (Lipinski definition) is 2. The van der Waals surface area contributed by atoms with Crippen molar-refractivity contribution in [1.82, 2.24) is 4.98 Å². The lowest BCUT2D eigenvalue weighted by Gasteiger charge is -2.33. The molecule has 0 saturated carbocycles. The number of aryl methyl sites for hydroxylation is 1. The van der Waals surface area contributed by atoms with Gasteiger partial charge in [0.25, 0.3) is 0 Å². The second-order valence-corrected chi connectivity index (χ2v) is 9.42. The van der Waals surface area contributed by atoms with Crippen molar-refractivity contribution >= 4 is 37.6 Å². The van der Waals surface area contributed by atoms with Gasteiger partial charge in [-0.3, -0.25) is 4.72 Å². The van der Waals surface area contributed by atoms with Gasteiger partial charge in [-0.15, -0.1) is 0 Å². The molecule has 0 aliphatic carbocycles. The Labute approximate surface area is 171 Å². The lowest BCUT2D eigenvalue weighted by atomic mass is 9.69. The summed E-state index contributed by atoms with van der Waals surface area (Å²) in [5.74, 6) is 0.895. The molecule has 0 radical (unpaired) electrons. The van der Waals surface area contributed by atoms with Crippen LogP contribution in [0.2, 0.25) is 0 Å². The highest BCUT2D eigenvalue weighted by Crippen LogP contribution is 2.45. The molecule has 0 unspecified atom stereocenters. The predicted molar refractivity (Wildman–Crippen MR) is 119 cm³/mol. The fourth-order valence-corrected chi connectivity index (χ4v) is 5.17. The zero-order valence-electron chi connectivity index (χ0n) is 17.2. The molecule has 0 bridgehead atoms. The van der Waals surface area contributed by atoms with Crippen LogP contribution >= 0.6 is 0 Å². The van der Waals surface area contributed by atoms with Gasteiger partial charge < -0.3 is 9.40 Å². The number of nitrogens with one attached hydrogen (secondary N) is 2. The Morgan fingerprint density at radius 1 is 1.03 bits per heavy atom. The van der Waals surface area contributed by atoms with Crippen molar-refractivity contribution in [2.24, 2.45) is 0 Å². The van der Waals surface area contributed by atoms with Crippen molar-refractivity contribution in [3.63, 3.8) is 0 Å². The molecule has 29 heavy (non-hydrogen) atoms. The zero-order valence-corrected chi connectivity index (χ0v) is 18.0. The normalized spacial score (nSPS) is 12.7. The van der Waals surface area contributed by atoms with Crippen LogP contribution in [0.5, 0.6) is 0 Å². The summed E-state index contributed by atoms with van der Waals surface area (Å²) in [7, 11) is -3.37. The molecule has 152 valence electrons. The third-order valence-corrected chi connectivity index (χ3v) is 6.52. The number of aromatic nitrogens is 1. The van der Waals surface area contributed by atoms with E-state index in [9.17, 15) is 8.42 Å². The summed E-state index contributed by atoms with van der Waals surface area (Å²) >= 11 is 0. The van der Waals surface area contributed by atoms with Crippen LogP contribution in [0.15, 0.2) is 53.1 Å². The monoisotopic (exact) mass is 410 g/mol. The number of benzene rings is 2. The molecule has 0 saturated heterocycles. The number of fused-ring (bicyclic) bond motifs is 2. The van der Waals surface area contributed by atoms with Gasteiger partial charge in [-0.2, -0.15) is 0 Å². The van der Waals surface area contributed by atoms with Gasteiger partial charge in [0.05, 0.1) is 17.5 Å². The van der Waals surface area contributed by atoms with Crippen LogP contribution < -0.4 is 4.72 Å². The highest BCUT2D eigenvalue weighted by Gasteiger charge is 2.35. The van der Waals surface area contributed by atoms with Crippen molar-refractivity contribution in [2.45, 2.75) is 39.0 Å². The summed E-state index contributed by atoms with van der Waals surface area (Å²) in [6.45, 7) is 6.37. The molecule has 5 nitrogen and oxygen atoms in total. The minimum absolute atomic E-state index is 0.224. The fourth-order valence-electron chi connectivity index (χ4n) is 4.60. The quantitative estimate of drug-likeness (QED) is 0.428. The molecular weight excluding hydrogens is 384 g/mol. The lowest BCUT2D eigenvalue weighted by Crippen LogP contribution is -2.26. The molecule has 0 amide bonds. The first-order chi connectivity index (χ1) is 13.8. The van der Waals surface area contributed by atoms with E-state index >= 15 is 0 Å². The lowest BCUT2D eigenvalue weighted by molar-refractivity contribution is 0.485. The average Bonchev–Trinajstić information content (AvgIpc) is 3.26. The largest absolute Gasteiger partial charge is 0.461 e. The summed E-state index contributed by atoms with van der Waals surface area (Å²) in [6.07, 6.45) is 5.00. The van der Waals surface area contributed by atoms with E-state index in [0.29, 0.717) is 5.69 Å². The minimum Gasteiger partial charge on any atom is -0.461 e. The van der Waals surface area contributed by atoms with Crippen molar-refractivity contribution in [3.8, 4) is 0 Å². The second-order valence-electron chi connectivity index (χ2n) is 7.67. The molecule has 0 atom stereocenters. The van der Waals surface area contributed by atoms with E-state index in [4.69, 9.17) is 4.42 Å². The first kappa shape index (κ1) is 19.6. The van der Waals surface area contributed by atoms with Crippen molar-refractivity contribution < 1.29 is 12.8 Å². The van der Waals surface area contributed by atoms with E-state index in [1.165, 1.54) is 17.4 Å². The minimum atomic E-state index is -3.37. The summed E-state index contributed by atoms with van der Waals surface area (Å²) in [5, 5.41) is 2.16. The molecule has 0 aliphatic rings. The maximum atomic E-state index is 11.8. The Bertz CT molecular complexity index is 1290. The Kier molecular flexibility index (Phi) is 4.69. The standard InChI is InChI=1S/C23H26N2O3S/c1-5-23(6-2,18-10-8-12-21-17(18)13-15(3)28-21)19-14-24-22-16(19)9-7-11-20(22)25-29(4,26)27/h7-14,24-25H,5-6H2,1-4H3. The van der Waals surface area contributed by atoms with E-state index in [0.717, 1.165) is 40.5 Å². The molecule has 0 spiro atoms. The Hall–Kier alpha value is -2.73. The van der Waals surface area contributed by atoms with Crippen LogP contribution in [-0.2, 0) is 15.4 Å². The third-order valence-electron chi connectivity index (χ3n) is 5.93. The van der Waals surface area contributed by atoms with Gasteiger partial charge in [0.2, 0.25) is 10.0 Å². The van der Waals surface area contributed by atoms with E-state index in [-0.39, 0.29) is 5.41 Å². The number of sulfonamides is 1. The maximum Gasteiger partial charge on any atom is 0.229 e. The molecule has 2 aromatic carbocycles. The molecule has 2 N–H and O–H groups in total. The molecule has 4 rings (SSSR count). The molecule has 2 aromatic heterocycles. The van der Waals surface area contributed by atoms with Crippen LogP contribution in [0.4, 0.5) is 5.69 Å². The molecular formula is C23H26N2O3S. The zero-order chi connectivity index (χ0) is 20.8.